The topological polar surface area (TPSA) is 131 Å². The van der Waals surface area contributed by atoms with Crippen LogP contribution in [0.4, 0.5) is 0 Å². The number of hydrogen-bond acceptors (Lipinski definition) is 5. The standard InChI is InChI=1S/C24H36N6O3/c1-24(2,3)20(23(33)27-14-13-26-21(31)16-10-11-16)28-22(32)19-17-8-4-5-9-18(17)30(29-19)15-7-6-12-25/h4-5,8-9,16,20H,6-7,10-15,25H2,1-3H3,(H,26,31)(H,27,33)(H,28,32). The fourth-order valence-electron chi connectivity index (χ4n) is 3.71. The Labute approximate surface area is 194 Å². The van der Waals surface area contributed by atoms with Gasteiger partial charge in [-0.2, -0.15) is 5.10 Å². The van der Waals surface area contributed by atoms with Crippen LogP contribution in [0.3, 0.4) is 0 Å². The van der Waals surface area contributed by atoms with Crippen molar-refractivity contribution in [1.82, 2.24) is 25.7 Å². The van der Waals surface area contributed by atoms with Crippen LogP contribution in [-0.4, -0.2) is 53.2 Å². The van der Waals surface area contributed by atoms with Crippen LogP contribution in [0, 0.1) is 11.3 Å². The van der Waals surface area contributed by atoms with E-state index in [1.165, 1.54) is 0 Å². The highest BCUT2D eigenvalue weighted by Gasteiger charge is 2.34. The Morgan fingerprint density at radius 3 is 2.48 bits per heavy atom. The molecule has 2 aromatic rings. The van der Waals surface area contributed by atoms with Gasteiger partial charge in [0.05, 0.1) is 5.52 Å². The molecule has 3 amide bonds. The summed E-state index contributed by atoms with van der Waals surface area (Å²) in [4.78, 5) is 37.9. The number of carbonyl (C=O) groups excluding carboxylic acids is 3. The van der Waals surface area contributed by atoms with Crippen molar-refractivity contribution in [2.45, 2.75) is 59.0 Å². The number of aryl methyl sites for hydroxylation is 1. The van der Waals surface area contributed by atoms with Crippen LogP contribution in [0.25, 0.3) is 10.9 Å². The van der Waals surface area contributed by atoms with Crippen molar-refractivity contribution >= 4 is 28.6 Å². The number of hydrogen-bond donors (Lipinski definition) is 4. The molecular weight excluding hydrogens is 420 g/mol. The predicted molar refractivity (Wildman–Crippen MR) is 127 cm³/mol. The fraction of sp³-hybridized carbons (Fsp3) is 0.583. The first-order chi connectivity index (χ1) is 15.7. The summed E-state index contributed by atoms with van der Waals surface area (Å²) in [5.74, 6) is -0.504. The average molecular weight is 457 g/mol. The summed E-state index contributed by atoms with van der Waals surface area (Å²) in [6.45, 7) is 7.64. The van der Waals surface area contributed by atoms with Crippen LogP contribution in [0.5, 0.6) is 0 Å². The Hall–Kier alpha value is -2.94. The Morgan fingerprint density at radius 2 is 1.82 bits per heavy atom. The molecule has 1 saturated carbocycles. The lowest BCUT2D eigenvalue weighted by Crippen LogP contribution is -2.54. The van der Waals surface area contributed by atoms with Crippen LogP contribution < -0.4 is 21.7 Å². The highest BCUT2D eigenvalue weighted by Crippen LogP contribution is 2.28. The van der Waals surface area contributed by atoms with Gasteiger partial charge >= 0.3 is 0 Å². The number of nitrogens with zero attached hydrogens (tertiary/aromatic N) is 2. The van der Waals surface area contributed by atoms with E-state index in [2.05, 4.69) is 21.0 Å². The van der Waals surface area contributed by atoms with Gasteiger partial charge in [0.25, 0.3) is 5.91 Å². The van der Waals surface area contributed by atoms with Crippen molar-refractivity contribution in [2.75, 3.05) is 19.6 Å². The second-order valence-electron chi connectivity index (χ2n) is 9.71. The zero-order chi connectivity index (χ0) is 24.0. The van der Waals surface area contributed by atoms with Gasteiger partial charge in [0.15, 0.2) is 5.69 Å². The van der Waals surface area contributed by atoms with E-state index >= 15 is 0 Å². The van der Waals surface area contributed by atoms with E-state index in [9.17, 15) is 14.4 Å². The molecule has 1 aliphatic carbocycles. The molecule has 1 aromatic carbocycles. The number of rotatable bonds is 11. The molecule has 0 bridgehead atoms. The smallest absolute Gasteiger partial charge is 0.273 e. The molecule has 9 heteroatoms. The van der Waals surface area contributed by atoms with Crippen molar-refractivity contribution in [1.29, 1.82) is 0 Å². The van der Waals surface area contributed by atoms with Gasteiger partial charge in [0.2, 0.25) is 11.8 Å². The lowest BCUT2D eigenvalue weighted by atomic mass is 9.86. The first-order valence-corrected chi connectivity index (χ1v) is 11.7. The van der Waals surface area contributed by atoms with Crippen molar-refractivity contribution in [3.8, 4) is 0 Å². The summed E-state index contributed by atoms with van der Waals surface area (Å²) in [7, 11) is 0. The van der Waals surface area contributed by atoms with Gasteiger partial charge in [-0.3, -0.25) is 19.1 Å². The largest absolute Gasteiger partial charge is 0.354 e. The fourth-order valence-corrected chi connectivity index (χ4v) is 3.71. The van der Waals surface area contributed by atoms with E-state index in [1.807, 2.05) is 49.7 Å². The summed E-state index contributed by atoms with van der Waals surface area (Å²) in [6, 6.07) is 6.83. The normalized spacial score (nSPS) is 14.7. The van der Waals surface area contributed by atoms with Gasteiger partial charge < -0.3 is 21.7 Å². The number of benzene rings is 1. The van der Waals surface area contributed by atoms with Crippen LogP contribution in [0.2, 0.25) is 0 Å². The molecular formula is C24H36N6O3. The molecule has 0 aliphatic heterocycles. The van der Waals surface area contributed by atoms with Gasteiger partial charge in [-0.05, 0) is 43.7 Å². The molecule has 1 aromatic heterocycles. The van der Waals surface area contributed by atoms with E-state index in [0.29, 0.717) is 31.9 Å². The molecule has 3 rings (SSSR count). The first kappa shape index (κ1) is 24.7. The third-order valence-corrected chi connectivity index (χ3v) is 5.77. The van der Waals surface area contributed by atoms with Crippen molar-refractivity contribution in [3.63, 3.8) is 0 Å². The van der Waals surface area contributed by atoms with Gasteiger partial charge in [0, 0.05) is 30.9 Å². The summed E-state index contributed by atoms with van der Waals surface area (Å²) in [6.07, 6.45) is 3.62. The maximum absolute atomic E-state index is 13.2. The Kier molecular flexibility index (Phi) is 8.07. The molecule has 0 spiro atoms. The van der Waals surface area contributed by atoms with Crippen LogP contribution >= 0.6 is 0 Å². The second kappa shape index (κ2) is 10.8. The maximum atomic E-state index is 13.2. The van der Waals surface area contributed by atoms with E-state index < -0.39 is 11.5 Å². The summed E-state index contributed by atoms with van der Waals surface area (Å²) in [5.41, 5.74) is 6.27. The number of amides is 3. The van der Waals surface area contributed by atoms with Crippen LogP contribution in [-0.2, 0) is 16.1 Å². The maximum Gasteiger partial charge on any atom is 0.273 e. The molecule has 0 radical (unpaired) electrons. The number of unbranched alkanes of at least 4 members (excludes halogenated alkanes) is 1. The monoisotopic (exact) mass is 456 g/mol. The molecule has 1 aliphatic rings. The minimum absolute atomic E-state index is 0.0406. The van der Waals surface area contributed by atoms with Crippen LogP contribution in [0.15, 0.2) is 24.3 Å². The molecule has 1 fully saturated rings. The first-order valence-electron chi connectivity index (χ1n) is 11.7. The van der Waals surface area contributed by atoms with Crippen molar-refractivity contribution in [2.24, 2.45) is 17.1 Å². The number of aromatic nitrogens is 2. The van der Waals surface area contributed by atoms with Crippen molar-refractivity contribution in [3.05, 3.63) is 30.0 Å². The lowest BCUT2D eigenvalue weighted by Gasteiger charge is -2.30. The van der Waals surface area contributed by atoms with E-state index in [-0.39, 0.29) is 23.6 Å². The predicted octanol–water partition coefficient (Wildman–Crippen LogP) is 1.56. The number of fused-ring (bicyclic) bond motifs is 1. The van der Waals surface area contributed by atoms with E-state index in [1.54, 1.807) is 0 Å². The number of para-hydroxylation sites is 1. The number of nitrogens with two attached hydrogens (primary N) is 1. The number of carbonyl (C=O) groups is 3. The quantitative estimate of drug-likeness (QED) is 0.381. The second-order valence-corrected chi connectivity index (χ2v) is 9.71. The minimum Gasteiger partial charge on any atom is -0.354 e. The third-order valence-electron chi connectivity index (χ3n) is 5.77. The highest BCUT2D eigenvalue weighted by molar-refractivity contribution is 6.06. The Morgan fingerprint density at radius 1 is 1.12 bits per heavy atom. The van der Waals surface area contributed by atoms with Gasteiger partial charge in [0.1, 0.15) is 6.04 Å². The summed E-state index contributed by atoms with van der Waals surface area (Å²) >= 11 is 0. The third kappa shape index (κ3) is 6.54. The van der Waals surface area contributed by atoms with Crippen molar-refractivity contribution < 1.29 is 14.4 Å². The molecule has 1 unspecified atom stereocenters. The number of nitrogens with one attached hydrogen (secondary N) is 3. The zero-order valence-corrected chi connectivity index (χ0v) is 19.8. The Balaban J connectivity index is 1.67. The molecule has 33 heavy (non-hydrogen) atoms. The van der Waals surface area contributed by atoms with Gasteiger partial charge in [-0.1, -0.05) is 39.0 Å². The molecule has 0 saturated heterocycles. The zero-order valence-electron chi connectivity index (χ0n) is 19.8. The molecule has 5 N–H and O–H groups in total. The van der Waals surface area contributed by atoms with E-state index in [4.69, 9.17) is 5.73 Å². The van der Waals surface area contributed by atoms with E-state index in [0.717, 1.165) is 36.6 Å². The minimum atomic E-state index is -0.759. The van der Waals surface area contributed by atoms with Gasteiger partial charge in [-0.15, -0.1) is 0 Å². The molecule has 1 heterocycles. The SMILES string of the molecule is CC(C)(C)C(NC(=O)c1nn(CCCCN)c2ccccc12)C(=O)NCCNC(=O)C1CC1. The molecule has 1 atom stereocenters. The average Bonchev–Trinajstić information content (AvgIpc) is 3.56. The van der Waals surface area contributed by atoms with Gasteiger partial charge in [-0.25, -0.2) is 0 Å². The molecule has 9 nitrogen and oxygen atoms in total. The lowest BCUT2D eigenvalue weighted by molar-refractivity contribution is -0.126. The van der Waals surface area contributed by atoms with Crippen LogP contribution in [0.1, 0.15) is 56.9 Å². The molecule has 180 valence electrons. The Bertz CT molecular complexity index is 990. The summed E-state index contributed by atoms with van der Waals surface area (Å²) < 4.78 is 1.83. The highest BCUT2D eigenvalue weighted by atomic mass is 16.2. The summed E-state index contributed by atoms with van der Waals surface area (Å²) in [5, 5.41) is 13.9.